The zero-order chi connectivity index (χ0) is 11.6. The molecule has 0 saturated carbocycles. The van der Waals surface area contributed by atoms with Crippen LogP contribution in [0.4, 0.5) is 0 Å². The van der Waals surface area contributed by atoms with E-state index in [-0.39, 0.29) is 0 Å². The van der Waals surface area contributed by atoms with Crippen LogP contribution in [0.1, 0.15) is 13.8 Å². The standard InChI is InChI=1S/C5H14OSi.C4H12O2Si/c1-4-7(5-2)6-3;1-5-7(3,4)6-2/h7H,4-5H2,1-3H3;1-4H3. The van der Waals surface area contributed by atoms with E-state index in [9.17, 15) is 0 Å². The van der Waals surface area contributed by atoms with Crippen molar-refractivity contribution in [2.24, 2.45) is 0 Å². The fraction of sp³-hybridized carbons (Fsp3) is 1.00. The van der Waals surface area contributed by atoms with Gasteiger partial charge in [-0.05, 0) is 25.2 Å². The highest BCUT2D eigenvalue weighted by molar-refractivity contribution is 6.64. The van der Waals surface area contributed by atoms with Crippen LogP contribution in [0.25, 0.3) is 0 Å². The molecule has 0 aliphatic rings. The second kappa shape index (κ2) is 9.85. The van der Waals surface area contributed by atoms with Crippen molar-refractivity contribution >= 4 is 17.6 Å². The van der Waals surface area contributed by atoms with Gasteiger partial charge in [-0.3, -0.25) is 0 Å². The van der Waals surface area contributed by atoms with E-state index in [1.54, 1.807) is 14.2 Å². The van der Waals surface area contributed by atoms with E-state index in [2.05, 4.69) is 13.8 Å². The SMILES string of the molecule is CC[SiH](CC)OC.CO[Si](C)(C)OC. The van der Waals surface area contributed by atoms with Gasteiger partial charge in [-0.15, -0.1) is 0 Å². The zero-order valence-electron chi connectivity index (χ0n) is 10.7. The molecule has 0 aromatic carbocycles. The minimum absolute atomic E-state index is 0.671. The second-order valence-corrected chi connectivity index (χ2v) is 10.4. The van der Waals surface area contributed by atoms with Gasteiger partial charge >= 0.3 is 8.56 Å². The second-order valence-electron chi connectivity index (χ2n) is 3.48. The van der Waals surface area contributed by atoms with Gasteiger partial charge in [-0.2, -0.15) is 0 Å². The van der Waals surface area contributed by atoms with E-state index in [0.29, 0.717) is 0 Å². The molecule has 88 valence electrons. The molecule has 14 heavy (non-hydrogen) atoms. The van der Waals surface area contributed by atoms with E-state index in [0.717, 1.165) is 0 Å². The third-order valence-corrected chi connectivity index (χ3v) is 6.68. The van der Waals surface area contributed by atoms with E-state index >= 15 is 0 Å². The first-order valence-electron chi connectivity index (χ1n) is 5.10. The van der Waals surface area contributed by atoms with Crippen LogP contribution in [-0.2, 0) is 13.3 Å². The molecule has 0 aromatic heterocycles. The van der Waals surface area contributed by atoms with Gasteiger partial charge in [0, 0.05) is 21.3 Å². The quantitative estimate of drug-likeness (QED) is 0.688. The molecular weight excluding hydrogens is 212 g/mol. The first kappa shape index (κ1) is 16.7. The van der Waals surface area contributed by atoms with Crippen molar-refractivity contribution in [1.29, 1.82) is 0 Å². The maximum atomic E-state index is 5.19. The summed E-state index contributed by atoms with van der Waals surface area (Å²) < 4.78 is 15.2. The third kappa shape index (κ3) is 10.4. The molecule has 0 aliphatic heterocycles. The minimum Gasteiger partial charge on any atom is -0.423 e. The minimum atomic E-state index is -1.65. The van der Waals surface area contributed by atoms with Crippen LogP contribution in [0.2, 0.25) is 25.2 Å². The molecule has 0 unspecified atom stereocenters. The smallest absolute Gasteiger partial charge is 0.331 e. The van der Waals surface area contributed by atoms with Crippen LogP contribution >= 0.6 is 0 Å². The first-order chi connectivity index (χ1) is 6.47. The molecule has 0 N–H and O–H groups in total. The topological polar surface area (TPSA) is 27.7 Å². The highest BCUT2D eigenvalue weighted by Crippen LogP contribution is 2.00. The van der Waals surface area contributed by atoms with Gasteiger partial charge in [0.2, 0.25) is 0 Å². The van der Waals surface area contributed by atoms with Crippen molar-refractivity contribution in [3.05, 3.63) is 0 Å². The van der Waals surface area contributed by atoms with Crippen LogP contribution in [-0.4, -0.2) is 38.9 Å². The lowest BCUT2D eigenvalue weighted by molar-refractivity contribution is 0.258. The lowest BCUT2D eigenvalue weighted by Crippen LogP contribution is -2.31. The Balaban J connectivity index is 0. The van der Waals surface area contributed by atoms with Crippen LogP contribution < -0.4 is 0 Å². The molecule has 0 aromatic rings. The van der Waals surface area contributed by atoms with Gasteiger partial charge in [0.25, 0.3) is 0 Å². The van der Waals surface area contributed by atoms with Gasteiger partial charge in [-0.1, -0.05) is 13.8 Å². The highest BCUT2D eigenvalue weighted by atomic mass is 28.4. The molecule has 5 heteroatoms. The normalized spacial score (nSPS) is 11.1. The molecular formula is C9H26O3Si2. The summed E-state index contributed by atoms with van der Waals surface area (Å²) in [6.07, 6.45) is 0. The summed E-state index contributed by atoms with van der Waals surface area (Å²) in [6.45, 7) is 8.38. The third-order valence-electron chi connectivity index (χ3n) is 2.23. The van der Waals surface area contributed by atoms with E-state index in [1.807, 2.05) is 20.2 Å². The van der Waals surface area contributed by atoms with Crippen LogP contribution in [0.15, 0.2) is 0 Å². The molecule has 0 heterocycles. The Labute approximate surface area is 91.7 Å². The average Bonchev–Trinajstić information content (AvgIpc) is 2.21. The Bertz CT molecular complexity index is 105. The molecule has 0 radical (unpaired) electrons. The Hall–Kier alpha value is 0.314. The van der Waals surface area contributed by atoms with Gasteiger partial charge in [0.1, 0.15) is 0 Å². The molecule has 0 spiro atoms. The molecule has 3 nitrogen and oxygen atoms in total. The van der Waals surface area contributed by atoms with Crippen molar-refractivity contribution in [3.8, 4) is 0 Å². The lowest BCUT2D eigenvalue weighted by atomic mass is 11.0. The molecule has 0 bridgehead atoms. The maximum absolute atomic E-state index is 5.19. The summed E-state index contributed by atoms with van der Waals surface area (Å²) in [5, 5.41) is 0. The van der Waals surface area contributed by atoms with E-state index < -0.39 is 17.6 Å². The van der Waals surface area contributed by atoms with Crippen LogP contribution in [0.3, 0.4) is 0 Å². The van der Waals surface area contributed by atoms with Gasteiger partial charge in [-0.25, -0.2) is 0 Å². The first-order valence-corrected chi connectivity index (χ1v) is 10.0. The van der Waals surface area contributed by atoms with Crippen LogP contribution in [0.5, 0.6) is 0 Å². The van der Waals surface area contributed by atoms with E-state index in [1.165, 1.54) is 12.1 Å². The summed E-state index contributed by atoms with van der Waals surface area (Å²) in [7, 11) is 2.85. The predicted molar refractivity (Wildman–Crippen MR) is 66.6 cm³/mol. The Morgan fingerprint density at radius 2 is 1.29 bits per heavy atom. The molecule has 0 amide bonds. The Kier molecular flexibility index (Phi) is 11.8. The molecule has 0 aliphatic carbocycles. The monoisotopic (exact) mass is 238 g/mol. The predicted octanol–water partition coefficient (Wildman–Crippen LogP) is 2.38. The summed E-state index contributed by atoms with van der Waals surface area (Å²) in [6, 6.07) is 2.54. The summed E-state index contributed by atoms with van der Waals surface area (Å²) >= 11 is 0. The van der Waals surface area contributed by atoms with Crippen LogP contribution in [0, 0.1) is 0 Å². The van der Waals surface area contributed by atoms with Crippen molar-refractivity contribution in [3.63, 3.8) is 0 Å². The van der Waals surface area contributed by atoms with Gasteiger partial charge in [0.15, 0.2) is 9.04 Å². The maximum Gasteiger partial charge on any atom is 0.331 e. The lowest BCUT2D eigenvalue weighted by Gasteiger charge is -2.15. The molecule has 0 rings (SSSR count). The molecule has 0 saturated heterocycles. The van der Waals surface area contributed by atoms with Crippen molar-refractivity contribution in [1.82, 2.24) is 0 Å². The Morgan fingerprint density at radius 1 is 0.929 bits per heavy atom. The largest absolute Gasteiger partial charge is 0.423 e. The van der Waals surface area contributed by atoms with Crippen molar-refractivity contribution in [2.45, 2.75) is 39.0 Å². The van der Waals surface area contributed by atoms with Crippen molar-refractivity contribution < 1.29 is 13.3 Å². The molecule has 0 fully saturated rings. The molecule has 0 atom stereocenters. The number of rotatable bonds is 5. The van der Waals surface area contributed by atoms with Crippen molar-refractivity contribution in [2.75, 3.05) is 21.3 Å². The number of hydrogen-bond donors (Lipinski definition) is 0. The fourth-order valence-electron chi connectivity index (χ4n) is 0.705. The van der Waals surface area contributed by atoms with Gasteiger partial charge < -0.3 is 13.3 Å². The van der Waals surface area contributed by atoms with Gasteiger partial charge in [0.05, 0.1) is 0 Å². The van der Waals surface area contributed by atoms with E-state index in [4.69, 9.17) is 13.3 Å². The zero-order valence-corrected chi connectivity index (χ0v) is 12.9. The fourth-order valence-corrected chi connectivity index (χ4v) is 2.12. The number of hydrogen-bond acceptors (Lipinski definition) is 3. The summed E-state index contributed by atoms with van der Waals surface area (Å²) in [4.78, 5) is 0. The Morgan fingerprint density at radius 3 is 1.29 bits per heavy atom. The summed E-state index contributed by atoms with van der Waals surface area (Å²) in [5.74, 6) is 0. The highest BCUT2D eigenvalue weighted by Gasteiger charge is 2.19. The average molecular weight is 238 g/mol. The summed E-state index contributed by atoms with van der Waals surface area (Å²) in [5.41, 5.74) is 0.